The summed E-state index contributed by atoms with van der Waals surface area (Å²) < 4.78 is 37.9. The van der Waals surface area contributed by atoms with Crippen LogP contribution in [-0.4, -0.2) is 29.1 Å². The molecule has 2 heterocycles. The highest BCUT2D eigenvalue weighted by Gasteiger charge is 2.41. The van der Waals surface area contributed by atoms with Gasteiger partial charge in [-0.2, -0.15) is 13.2 Å². The molecule has 2 bridgehead atoms. The maximum atomic E-state index is 12.6. The van der Waals surface area contributed by atoms with Crippen molar-refractivity contribution >= 4 is 5.82 Å². The molecule has 3 rings (SSSR count). The first kappa shape index (κ1) is 12.7. The molecule has 0 spiro atoms. The standard InChI is InChI=1S/C12H15F3N4/c13-12(14,15)9-3-10(18-6-17-9)19-4-7-1-2-8(5-19)11(7)16/h3,6-8,11H,1-2,4-5,16H2/t7-,8?,11?/m0/s1. The van der Waals surface area contributed by atoms with Gasteiger partial charge in [-0.15, -0.1) is 0 Å². The van der Waals surface area contributed by atoms with E-state index >= 15 is 0 Å². The minimum absolute atomic E-state index is 0.181. The monoisotopic (exact) mass is 272 g/mol. The van der Waals surface area contributed by atoms with Crippen LogP contribution in [0.1, 0.15) is 18.5 Å². The molecule has 2 aliphatic rings. The van der Waals surface area contributed by atoms with E-state index in [0.717, 1.165) is 25.2 Å². The van der Waals surface area contributed by atoms with Gasteiger partial charge in [0.05, 0.1) is 0 Å². The number of anilines is 1. The topological polar surface area (TPSA) is 55.0 Å². The molecule has 2 fully saturated rings. The van der Waals surface area contributed by atoms with Crippen LogP contribution < -0.4 is 10.6 Å². The third-order valence-corrected chi connectivity index (χ3v) is 4.17. The van der Waals surface area contributed by atoms with Crippen molar-refractivity contribution in [3.63, 3.8) is 0 Å². The lowest BCUT2D eigenvalue weighted by molar-refractivity contribution is -0.141. The number of piperidine rings is 1. The molecule has 3 atom stereocenters. The van der Waals surface area contributed by atoms with Crippen molar-refractivity contribution in [1.82, 2.24) is 9.97 Å². The van der Waals surface area contributed by atoms with Crippen molar-refractivity contribution in [3.05, 3.63) is 18.1 Å². The Kier molecular flexibility index (Phi) is 2.88. The molecule has 1 aliphatic heterocycles. The number of nitrogens with two attached hydrogens (primary N) is 1. The molecule has 0 aromatic carbocycles. The van der Waals surface area contributed by atoms with Gasteiger partial charge in [-0.1, -0.05) is 0 Å². The Morgan fingerprint density at radius 2 is 1.79 bits per heavy atom. The van der Waals surface area contributed by atoms with Crippen LogP contribution in [0.25, 0.3) is 0 Å². The normalized spacial score (nSPS) is 30.7. The maximum absolute atomic E-state index is 12.6. The first-order chi connectivity index (χ1) is 8.95. The van der Waals surface area contributed by atoms with Gasteiger partial charge in [0.25, 0.3) is 0 Å². The van der Waals surface area contributed by atoms with Gasteiger partial charge in [0.15, 0.2) is 0 Å². The number of hydrogen-bond donors (Lipinski definition) is 1. The van der Waals surface area contributed by atoms with Crippen LogP contribution in [0, 0.1) is 11.8 Å². The third-order valence-electron chi connectivity index (χ3n) is 4.17. The van der Waals surface area contributed by atoms with Crippen LogP contribution >= 0.6 is 0 Å². The molecule has 7 heteroatoms. The molecule has 1 saturated carbocycles. The van der Waals surface area contributed by atoms with Gasteiger partial charge < -0.3 is 10.6 Å². The number of halogens is 3. The lowest BCUT2D eigenvalue weighted by Gasteiger charge is -2.36. The highest BCUT2D eigenvalue weighted by atomic mass is 19.4. The number of hydrogen-bond acceptors (Lipinski definition) is 4. The number of nitrogens with zero attached hydrogens (tertiary/aromatic N) is 3. The fraction of sp³-hybridized carbons (Fsp3) is 0.667. The summed E-state index contributed by atoms with van der Waals surface area (Å²) in [7, 11) is 0. The van der Waals surface area contributed by atoms with E-state index in [0.29, 0.717) is 30.7 Å². The zero-order chi connectivity index (χ0) is 13.6. The molecule has 4 nitrogen and oxygen atoms in total. The summed E-state index contributed by atoms with van der Waals surface area (Å²) in [5.74, 6) is 1.08. The van der Waals surface area contributed by atoms with Gasteiger partial charge in [0.1, 0.15) is 17.8 Å². The molecule has 1 saturated heterocycles. The van der Waals surface area contributed by atoms with E-state index in [4.69, 9.17) is 5.73 Å². The highest BCUT2D eigenvalue weighted by molar-refractivity contribution is 5.41. The van der Waals surface area contributed by atoms with E-state index in [9.17, 15) is 13.2 Å². The third kappa shape index (κ3) is 2.27. The number of alkyl halides is 3. The molecule has 0 amide bonds. The van der Waals surface area contributed by atoms with Gasteiger partial charge in [0, 0.05) is 25.2 Å². The SMILES string of the molecule is NC1C2CC[C@H]1CN(c1cc(C(F)(F)F)ncn1)C2. The maximum Gasteiger partial charge on any atom is 0.433 e. The number of rotatable bonds is 1. The van der Waals surface area contributed by atoms with Crippen LogP contribution in [0.5, 0.6) is 0 Å². The van der Waals surface area contributed by atoms with Crippen molar-refractivity contribution in [1.29, 1.82) is 0 Å². The summed E-state index contributed by atoms with van der Waals surface area (Å²) in [4.78, 5) is 9.16. The zero-order valence-electron chi connectivity index (χ0n) is 10.3. The van der Waals surface area contributed by atoms with Crippen LogP contribution in [-0.2, 0) is 6.18 Å². The first-order valence-electron chi connectivity index (χ1n) is 6.35. The summed E-state index contributed by atoms with van der Waals surface area (Å²) in [6.07, 6.45) is -1.34. The fourth-order valence-electron chi connectivity index (χ4n) is 3.13. The van der Waals surface area contributed by atoms with E-state index in [1.54, 1.807) is 0 Å². The number of fused-ring (bicyclic) bond motifs is 2. The Hall–Kier alpha value is -1.37. The van der Waals surface area contributed by atoms with Crippen LogP contribution in [0.3, 0.4) is 0 Å². The van der Waals surface area contributed by atoms with E-state index < -0.39 is 11.9 Å². The molecule has 1 aromatic rings. The second-order valence-corrected chi connectivity index (χ2v) is 5.34. The Bertz CT molecular complexity index is 462. The summed E-state index contributed by atoms with van der Waals surface area (Å²) >= 11 is 0. The van der Waals surface area contributed by atoms with Gasteiger partial charge in [-0.25, -0.2) is 9.97 Å². The predicted octanol–water partition coefficient (Wildman–Crippen LogP) is 1.67. The molecule has 2 unspecified atom stereocenters. The van der Waals surface area contributed by atoms with Crippen molar-refractivity contribution in [2.24, 2.45) is 17.6 Å². The Morgan fingerprint density at radius 3 is 2.37 bits per heavy atom. The lowest BCUT2D eigenvalue weighted by Crippen LogP contribution is -2.49. The second-order valence-electron chi connectivity index (χ2n) is 5.34. The molecule has 1 aliphatic carbocycles. The molecular formula is C12H15F3N4. The zero-order valence-corrected chi connectivity index (χ0v) is 10.3. The summed E-state index contributed by atoms with van der Waals surface area (Å²) in [5.41, 5.74) is 5.20. The molecule has 104 valence electrons. The lowest BCUT2D eigenvalue weighted by atomic mass is 9.93. The summed E-state index contributed by atoms with van der Waals surface area (Å²) in [6, 6.07) is 1.20. The Morgan fingerprint density at radius 1 is 1.16 bits per heavy atom. The van der Waals surface area contributed by atoms with Crippen molar-refractivity contribution in [2.75, 3.05) is 18.0 Å². The van der Waals surface area contributed by atoms with E-state index in [2.05, 4.69) is 9.97 Å². The van der Waals surface area contributed by atoms with Crippen molar-refractivity contribution in [3.8, 4) is 0 Å². The molecule has 1 aromatic heterocycles. The average molecular weight is 272 g/mol. The summed E-state index contributed by atoms with van der Waals surface area (Å²) in [6.45, 7) is 1.37. The van der Waals surface area contributed by atoms with E-state index in [1.165, 1.54) is 0 Å². The number of aromatic nitrogens is 2. The molecule has 19 heavy (non-hydrogen) atoms. The van der Waals surface area contributed by atoms with Gasteiger partial charge in [-0.3, -0.25) is 0 Å². The van der Waals surface area contributed by atoms with Gasteiger partial charge in [-0.05, 0) is 24.7 Å². The van der Waals surface area contributed by atoms with E-state index in [-0.39, 0.29) is 6.04 Å². The van der Waals surface area contributed by atoms with Crippen molar-refractivity contribution < 1.29 is 13.2 Å². The minimum atomic E-state index is -4.43. The Labute approximate surface area is 108 Å². The minimum Gasteiger partial charge on any atom is -0.356 e. The molecule has 2 N–H and O–H groups in total. The van der Waals surface area contributed by atoms with Crippen LogP contribution in [0.2, 0.25) is 0 Å². The Balaban J connectivity index is 1.84. The van der Waals surface area contributed by atoms with Gasteiger partial charge in [0.2, 0.25) is 0 Å². The van der Waals surface area contributed by atoms with E-state index in [1.807, 2.05) is 4.90 Å². The van der Waals surface area contributed by atoms with Crippen LogP contribution in [0.15, 0.2) is 12.4 Å². The smallest absolute Gasteiger partial charge is 0.356 e. The molecule has 0 radical (unpaired) electrons. The fourth-order valence-corrected chi connectivity index (χ4v) is 3.13. The second kappa shape index (κ2) is 4.33. The van der Waals surface area contributed by atoms with Gasteiger partial charge >= 0.3 is 6.18 Å². The van der Waals surface area contributed by atoms with Crippen LogP contribution in [0.4, 0.5) is 19.0 Å². The largest absolute Gasteiger partial charge is 0.433 e. The molecular weight excluding hydrogens is 257 g/mol. The summed E-state index contributed by atoms with van der Waals surface area (Å²) in [5, 5.41) is 0. The quantitative estimate of drug-likeness (QED) is 0.845. The predicted molar refractivity (Wildman–Crippen MR) is 63.4 cm³/mol. The van der Waals surface area contributed by atoms with Crippen molar-refractivity contribution in [2.45, 2.75) is 25.1 Å². The highest BCUT2D eigenvalue weighted by Crippen LogP contribution is 2.37. The average Bonchev–Trinajstić information content (AvgIpc) is 2.61. The first-order valence-corrected chi connectivity index (χ1v) is 6.35.